The Kier molecular flexibility index (Phi) is 9.98. The van der Waals surface area contributed by atoms with Gasteiger partial charge in [-0.05, 0) is 42.5 Å². The number of benzene rings is 1. The van der Waals surface area contributed by atoms with Gasteiger partial charge in [-0.25, -0.2) is 0 Å². The van der Waals surface area contributed by atoms with Crippen LogP contribution in [0.1, 0.15) is 24.4 Å². The molecule has 0 saturated carbocycles. The minimum atomic E-state index is 0. The summed E-state index contributed by atoms with van der Waals surface area (Å²) in [6, 6.07) is 7.04. The van der Waals surface area contributed by atoms with Crippen LogP contribution in [0.2, 0.25) is 0 Å². The van der Waals surface area contributed by atoms with E-state index in [9.17, 15) is 0 Å². The molecule has 0 spiro atoms. The van der Waals surface area contributed by atoms with Crippen LogP contribution in [0.3, 0.4) is 0 Å². The van der Waals surface area contributed by atoms with E-state index in [1.54, 1.807) is 0 Å². The summed E-state index contributed by atoms with van der Waals surface area (Å²) in [7, 11) is 0. The van der Waals surface area contributed by atoms with Crippen LogP contribution in [0.15, 0.2) is 27.1 Å². The van der Waals surface area contributed by atoms with Crippen molar-refractivity contribution in [3.63, 3.8) is 0 Å². The van der Waals surface area contributed by atoms with Crippen molar-refractivity contribution in [3.8, 4) is 0 Å². The van der Waals surface area contributed by atoms with E-state index in [0.29, 0.717) is 12.0 Å². The number of ether oxygens (including phenoxy) is 1. The summed E-state index contributed by atoms with van der Waals surface area (Å²) in [6.45, 7) is 6.23. The van der Waals surface area contributed by atoms with Gasteiger partial charge >= 0.3 is 0 Å². The lowest BCUT2D eigenvalue weighted by molar-refractivity contribution is 0.0211. The molecule has 0 aromatic heterocycles. The molecule has 2 aliphatic rings. The third kappa shape index (κ3) is 5.56. The zero-order valence-corrected chi connectivity index (χ0v) is 17.8. The quantitative estimate of drug-likeness (QED) is 0.678. The molecule has 1 N–H and O–H groups in total. The van der Waals surface area contributed by atoms with Crippen molar-refractivity contribution in [2.24, 2.45) is 5.92 Å². The largest absolute Gasteiger partial charge is 0.381 e. The molecule has 0 unspecified atom stereocenters. The molecule has 1 aromatic rings. The molecule has 1 aromatic carbocycles. The lowest BCUT2D eigenvalue weighted by Crippen LogP contribution is -2.47. The second kappa shape index (κ2) is 10.6. The number of nitrogens with zero attached hydrogens (tertiary/aromatic N) is 1. The molecule has 2 heterocycles. The fourth-order valence-corrected chi connectivity index (χ4v) is 4.34. The zero-order valence-electron chi connectivity index (χ0n) is 13.0. The molecule has 2 aliphatic heterocycles. The maximum atomic E-state index is 5.58. The van der Waals surface area contributed by atoms with Crippen LogP contribution in [0.5, 0.6) is 0 Å². The topological polar surface area (TPSA) is 24.5 Å². The van der Waals surface area contributed by atoms with Crippen LogP contribution >= 0.6 is 56.7 Å². The summed E-state index contributed by atoms with van der Waals surface area (Å²) < 4.78 is 7.96. The Labute approximate surface area is 168 Å². The lowest BCUT2D eigenvalue weighted by atomic mass is 9.85. The third-order valence-corrected chi connectivity index (χ3v) is 5.75. The molecule has 3 rings (SSSR count). The Morgan fingerprint density at radius 2 is 1.74 bits per heavy atom. The number of nitrogens with one attached hydrogen (secondary N) is 1. The second-order valence-electron chi connectivity index (χ2n) is 5.85. The first-order valence-corrected chi connectivity index (χ1v) is 9.32. The fourth-order valence-electron chi connectivity index (χ4n) is 3.48. The first-order chi connectivity index (χ1) is 10.3. The molecule has 132 valence electrons. The minimum Gasteiger partial charge on any atom is -0.381 e. The van der Waals surface area contributed by atoms with Gasteiger partial charge in [-0.1, -0.05) is 31.9 Å². The van der Waals surface area contributed by atoms with Gasteiger partial charge in [0.15, 0.2) is 0 Å². The van der Waals surface area contributed by atoms with E-state index < -0.39 is 0 Å². The molecular weight excluding hydrogens is 467 g/mol. The van der Waals surface area contributed by atoms with Crippen molar-refractivity contribution >= 4 is 56.7 Å². The van der Waals surface area contributed by atoms with E-state index in [4.69, 9.17) is 4.74 Å². The summed E-state index contributed by atoms with van der Waals surface area (Å²) >= 11 is 7.41. The fraction of sp³-hybridized carbons (Fsp3) is 0.625. The lowest BCUT2D eigenvalue weighted by Gasteiger charge is -2.41. The number of halogens is 4. The minimum absolute atomic E-state index is 0. The SMILES string of the molecule is Brc1ccc(Br)c([C@@H](C2CCOCC2)N2CCNCC2)c1.Cl.Cl. The van der Waals surface area contributed by atoms with Gasteiger partial charge < -0.3 is 10.1 Å². The van der Waals surface area contributed by atoms with Gasteiger partial charge in [0, 0.05) is 54.4 Å². The highest BCUT2D eigenvalue weighted by Crippen LogP contribution is 2.39. The van der Waals surface area contributed by atoms with E-state index in [1.165, 1.54) is 10.0 Å². The van der Waals surface area contributed by atoms with Gasteiger partial charge in [0.2, 0.25) is 0 Å². The molecule has 0 radical (unpaired) electrons. The van der Waals surface area contributed by atoms with E-state index in [1.807, 2.05) is 0 Å². The smallest absolute Gasteiger partial charge is 0.0469 e. The Morgan fingerprint density at radius 3 is 2.39 bits per heavy atom. The van der Waals surface area contributed by atoms with Crippen molar-refractivity contribution in [2.75, 3.05) is 39.4 Å². The van der Waals surface area contributed by atoms with Crippen molar-refractivity contribution in [1.82, 2.24) is 10.2 Å². The number of rotatable bonds is 3. The predicted molar refractivity (Wildman–Crippen MR) is 107 cm³/mol. The van der Waals surface area contributed by atoms with Crippen LogP contribution in [0.25, 0.3) is 0 Å². The van der Waals surface area contributed by atoms with E-state index in [-0.39, 0.29) is 24.8 Å². The molecule has 7 heteroatoms. The molecule has 23 heavy (non-hydrogen) atoms. The highest BCUT2D eigenvalue weighted by molar-refractivity contribution is 9.11. The van der Waals surface area contributed by atoms with Crippen molar-refractivity contribution in [2.45, 2.75) is 18.9 Å². The summed E-state index contributed by atoms with van der Waals surface area (Å²) in [5.41, 5.74) is 1.41. The molecule has 0 aliphatic carbocycles. The van der Waals surface area contributed by atoms with Gasteiger partial charge in [0.1, 0.15) is 0 Å². The normalized spacial score (nSPS) is 21.1. The van der Waals surface area contributed by atoms with E-state index in [0.717, 1.165) is 56.7 Å². The van der Waals surface area contributed by atoms with Gasteiger partial charge in [-0.3, -0.25) is 4.90 Å². The first-order valence-electron chi connectivity index (χ1n) is 7.73. The van der Waals surface area contributed by atoms with Crippen LogP contribution in [-0.4, -0.2) is 44.3 Å². The van der Waals surface area contributed by atoms with E-state index in [2.05, 4.69) is 60.3 Å². The first kappa shape index (κ1) is 21.7. The molecule has 3 nitrogen and oxygen atoms in total. The van der Waals surface area contributed by atoms with Gasteiger partial charge in [-0.2, -0.15) is 0 Å². The maximum Gasteiger partial charge on any atom is 0.0469 e. The van der Waals surface area contributed by atoms with E-state index >= 15 is 0 Å². The molecular formula is C16H24Br2Cl2N2O. The Balaban J connectivity index is 0.00000132. The standard InChI is InChI=1S/C16H22Br2N2O.2ClH/c17-13-1-2-15(18)14(11-13)16(12-3-9-21-10-4-12)20-7-5-19-6-8-20;;/h1-2,11-12,16,19H,3-10H2;2*1H/t16-;;/m1../s1. The molecule has 1 atom stereocenters. The summed E-state index contributed by atoms with van der Waals surface area (Å²) in [6.07, 6.45) is 2.32. The third-order valence-electron chi connectivity index (χ3n) is 4.53. The number of piperazine rings is 1. The van der Waals surface area contributed by atoms with Crippen LogP contribution in [-0.2, 0) is 4.74 Å². The molecule has 0 bridgehead atoms. The Morgan fingerprint density at radius 1 is 1.09 bits per heavy atom. The highest BCUT2D eigenvalue weighted by Gasteiger charge is 2.32. The summed E-state index contributed by atoms with van der Waals surface area (Å²) in [5.74, 6) is 0.683. The number of hydrogen-bond acceptors (Lipinski definition) is 3. The van der Waals surface area contributed by atoms with Gasteiger partial charge in [0.05, 0.1) is 0 Å². The van der Waals surface area contributed by atoms with Crippen molar-refractivity contribution < 1.29 is 4.74 Å². The molecule has 2 saturated heterocycles. The Bertz CT molecular complexity index is 463. The predicted octanol–water partition coefficient (Wildman–Crippen LogP) is 4.43. The number of hydrogen-bond donors (Lipinski definition) is 1. The maximum absolute atomic E-state index is 5.58. The van der Waals surface area contributed by atoms with Crippen LogP contribution < -0.4 is 5.32 Å². The second-order valence-corrected chi connectivity index (χ2v) is 7.62. The molecule has 0 amide bonds. The van der Waals surface area contributed by atoms with Crippen molar-refractivity contribution in [3.05, 3.63) is 32.7 Å². The average molecular weight is 491 g/mol. The monoisotopic (exact) mass is 488 g/mol. The van der Waals surface area contributed by atoms with Gasteiger partial charge in [-0.15, -0.1) is 24.8 Å². The van der Waals surface area contributed by atoms with Crippen molar-refractivity contribution in [1.29, 1.82) is 0 Å². The summed E-state index contributed by atoms with van der Waals surface area (Å²) in [5, 5.41) is 3.46. The molecule has 2 fully saturated rings. The average Bonchev–Trinajstić information content (AvgIpc) is 2.53. The van der Waals surface area contributed by atoms with Crippen LogP contribution in [0.4, 0.5) is 0 Å². The zero-order chi connectivity index (χ0) is 14.7. The summed E-state index contributed by atoms with van der Waals surface area (Å²) in [4.78, 5) is 2.65. The van der Waals surface area contributed by atoms with Gasteiger partial charge in [0.25, 0.3) is 0 Å². The highest BCUT2D eigenvalue weighted by atomic mass is 79.9. The Hall–Kier alpha value is 0.640. The van der Waals surface area contributed by atoms with Crippen LogP contribution in [0, 0.1) is 5.92 Å².